The van der Waals surface area contributed by atoms with Crippen LogP contribution in [-0.2, 0) is 19.4 Å². The van der Waals surface area contributed by atoms with Gasteiger partial charge in [0.05, 0.1) is 0 Å². The van der Waals surface area contributed by atoms with E-state index in [4.69, 9.17) is 0 Å². The van der Waals surface area contributed by atoms with Crippen molar-refractivity contribution in [3.63, 3.8) is 0 Å². The van der Waals surface area contributed by atoms with Crippen molar-refractivity contribution in [1.82, 2.24) is 20.2 Å². The zero-order chi connectivity index (χ0) is 25.5. The molecule has 37 heavy (non-hydrogen) atoms. The molecule has 5 rings (SSSR count). The first-order valence-corrected chi connectivity index (χ1v) is 12.7. The summed E-state index contributed by atoms with van der Waals surface area (Å²) in [4.78, 5) is 26.8. The molecule has 1 aromatic heterocycles. The van der Waals surface area contributed by atoms with E-state index in [0.717, 1.165) is 69.3 Å². The van der Waals surface area contributed by atoms with Crippen LogP contribution in [0.4, 0.5) is 11.6 Å². The molecule has 2 aliphatic rings. The molecule has 0 radical (unpaired) electrons. The molecule has 0 bridgehead atoms. The highest BCUT2D eigenvalue weighted by Gasteiger charge is 2.21. The van der Waals surface area contributed by atoms with Crippen molar-refractivity contribution in [2.45, 2.75) is 19.4 Å². The summed E-state index contributed by atoms with van der Waals surface area (Å²) in [5.41, 5.74) is 6.00. The van der Waals surface area contributed by atoms with Crippen molar-refractivity contribution in [3.05, 3.63) is 83.2 Å². The van der Waals surface area contributed by atoms with Crippen molar-refractivity contribution < 1.29 is 0 Å². The van der Waals surface area contributed by atoms with E-state index in [1.807, 2.05) is 18.5 Å². The second-order valence-corrected chi connectivity index (χ2v) is 9.18. The van der Waals surface area contributed by atoms with Gasteiger partial charge in [-0.05, 0) is 54.1 Å². The fraction of sp³-hybridized carbons (Fsp3) is 0.321. The molecular weight excluding hydrogens is 462 g/mol. The Kier molecular flexibility index (Phi) is 7.81. The topological polar surface area (TPSA) is 93.4 Å². The highest BCUT2D eigenvalue weighted by atomic mass is 15.4. The summed E-state index contributed by atoms with van der Waals surface area (Å²) in [7, 11) is 1.76. The number of guanidine groups is 2. The van der Waals surface area contributed by atoms with E-state index >= 15 is 0 Å². The average molecular weight is 496 g/mol. The first kappa shape index (κ1) is 24.6. The zero-order valence-electron chi connectivity index (χ0n) is 21.3. The van der Waals surface area contributed by atoms with Crippen LogP contribution in [0.5, 0.6) is 0 Å². The maximum Gasteiger partial charge on any atom is 0.229 e. The van der Waals surface area contributed by atoms with E-state index < -0.39 is 0 Å². The fourth-order valence-corrected chi connectivity index (χ4v) is 4.69. The Bertz CT molecular complexity index is 1260. The van der Waals surface area contributed by atoms with Gasteiger partial charge in [0.15, 0.2) is 0 Å². The van der Waals surface area contributed by atoms with Crippen molar-refractivity contribution in [2.75, 3.05) is 50.0 Å². The molecular formula is C28H33N9. The summed E-state index contributed by atoms with van der Waals surface area (Å²) < 4.78 is 0. The molecule has 2 aromatic carbocycles. The van der Waals surface area contributed by atoms with Crippen molar-refractivity contribution in [3.8, 4) is 0 Å². The molecule has 9 heteroatoms. The lowest BCUT2D eigenvalue weighted by molar-refractivity contribution is 0.379. The standard InChI is InChI=1S/C28H33N9/c1-29-26(34-25-9-8-23-10-11-31-20-24(23)17-25)35-27(30-2)36-12-14-37(15-13-36)28-32-18-22(19-33-28)16-21-6-4-3-5-7-21/h3-9,17-19,31H,1,10-16,20H2,2H3,(H,30,34,35). The summed E-state index contributed by atoms with van der Waals surface area (Å²) in [6.45, 7) is 8.71. The molecule has 0 spiro atoms. The highest BCUT2D eigenvalue weighted by molar-refractivity contribution is 6.03. The van der Waals surface area contributed by atoms with Gasteiger partial charge in [-0.2, -0.15) is 4.99 Å². The van der Waals surface area contributed by atoms with Gasteiger partial charge in [0.2, 0.25) is 17.9 Å². The number of piperazine rings is 1. The Hall–Kier alpha value is -4.11. The van der Waals surface area contributed by atoms with Crippen LogP contribution in [0.15, 0.2) is 75.9 Å². The van der Waals surface area contributed by atoms with Crippen LogP contribution in [0.2, 0.25) is 0 Å². The largest absolute Gasteiger partial charge is 0.337 e. The molecule has 0 saturated carbocycles. The Balaban J connectivity index is 1.18. The van der Waals surface area contributed by atoms with Gasteiger partial charge in [0, 0.05) is 64.3 Å². The molecule has 0 unspecified atom stereocenters. The second kappa shape index (κ2) is 11.7. The smallest absolute Gasteiger partial charge is 0.229 e. The molecule has 2 aliphatic heterocycles. The van der Waals surface area contributed by atoms with Gasteiger partial charge in [-0.15, -0.1) is 0 Å². The van der Waals surface area contributed by atoms with Crippen LogP contribution < -0.4 is 15.5 Å². The summed E-state index contributed by atoms with van der Waals surface area (Å²) >= 11 is 0. The Labute approximate surface area is 218 Å². The molecule has 0 amide bonds. The summed E-state index contributed by atoms with van der Waals surface area (Å²) in [5, 5.41) is 6.71. The molecule has 2 N–H and O–H groups in total. The molecule has 1 fully saturated rings. The number of rotatable bonds is 4. The number of anilines is 2. The number of fused-ring (bicyclic) bond motifs is 1. The lowest BCUT2D eigenvalue weighted by Gasteiger charge is -2.35. The fourth-order valence-electron chi connectivity index (χ4n) is 4.69. The Morgan fingerprint density at radius 3 is 2.51 bits per heavy atom. The predicted molar refractivity (Wildman–Crippen MR) is 151 cm³/mol. The minimum absolute atomic E-state index is 0.434. The van der Waals surface area contributed by atoms with Crippen molar-refractivity contribution in [2.24, 2.45) is 15.0 Å². The van der Waals surface area contributed by atoms with Gasteiger partial charge in [0.1, 0.15) is 0 Å². The molecule has 0 atom stereocenters. The molecule has 3 aromatic rings. The van der Waals surface area contributed by atoms with E-state index in [1.165, 1.54) is 16.7 Å². The van der Waals surface area contributed by atoms with E-state index in [0.29, 0.717) is 11.9 Å². The predicted octanol–water partition coefficient (Wildman–Crippen LogP) is 2.99. The Morgan fingerprint density at radius 2 is 1.78 bits per heavy atom. The second-order valence-electron chi connectivity index (χ2n) is 9.18. The van der Waals surface area contributed by atoms with Crippen LogP contribution in [0.25, 0.3) is 0 Å². The first-order chi connectivity index (χ1) is 18.2. The number of aliphatic imine (C=N–C) groups is 3. The average Bonchev–Trinajstić information content (AvgIpc) is 2.96. The highest BCUT2D eigenvalue weighted by Crippen LogP contribution is 2.19. The normalized spacial score (nSPS) is 16.4. The van der Waals surface area contributed by atoms with Gasteiger partial charge in [-0.1, -0.05) is 36.4 Å². The minimum Gasteiger partial charge on any atom is -0.337 e. The van der Waals surface area contributed by atoms with Crippen molar-refractivity contribution in [1.29, 1.82) is 0 Å². The van der Waals surface area contributed by atoms with E-state index in [1.54, 1.807) is 7.05 Å². The maximum absolute atomic E-state index is 4.68. The third-order valence-electron chi connectivity index (χ3n) is 6.69. The van der Waals surface area contributed by atoms with Gasteiger partial charge in [0.25, 0.3) is 0 Å². The number of hydrogen-bond acceptors (Lipinski definition) is 5. The molecule has 1 saturated heterocycles. The minimum atomic E-state index is 0.434. The number of benzene rings is 2. The van der Waals surface area contributed by atoms with Gasteiger partial charge in [-0.3, -0.25) is 4.99 Å². The zero-order valence-corrected chi connectivity index (χ0v) is 21.3. The molecule has 3 heterocycles. The molecule has 9 nitrogen and oxygen atoms in total. The lowest BCUT2D eigenvalue weighted by Crippen LogP contribution is -2.49. The maximum atomic E-state index is 4.68. The van der Waals surface area contributed by atoms with Gasteiger partial charge >= 0.3 is 0 Å². The summed E-state index contributed by atoms with van der Waals surface area (Å²) in [6, 6.07) is 16.8. The lowest BCUT2D eigenvalue weighted by atomic mass is 10.0. The summed E-state index contributed by atoms with van der Waals surface area (Å²) in [6.07, 6.45) is 5.74. The number of hydrogen-bond donors (Lipinski definition) is 2. The SMILES string of the molecule is C=N/C(=N\C(=N/C)N1CCN(c2ncc(Cc3ccccc3)cn2)CC1)Nc1ccc2c(c1)CNCC2. The van der Waals surface area contributed by atoms with Crippen molar-refractivity contribution >= 4 is 30.3 Å². The number of nitrogens with zero attached hydrogens (tertiary/aromatic N) is 7. The van der Waals surface area contributed by atoms with E-state index in [-0.39, 0.29) is 0 Å². The van der Waals surface area contributed by atoms with Crippen LogP contribution in [0, 0.1) is 0 Å². The quantitative estimate of drug-likeness (QED) is 0.427. The van der Waals surface area contributed by atoms with Gasteiger partial charge < -0.3 is 20.4 Å². The summed E-state index contributed by atoms with van der Waals surface area (Å²) in [5.74, 6) is 1.82. The third kappa shape index (κ3) is 6.18. The van der Waals surface area contributed by atoms with Crippen LogP contribution >= 0.6 is 0 Å². The first-order valence-electron chi connectivity index (χ1n) is 12.7. The number of aromatic nitrogens is 2. The van der Waals surface area contributed by atoms with E-state index in [9.17, 15) is 0 Å². The Morgan fingerprint density at radius 1 is 1.00 bits per heavy atom. The number of nitrogens with one attached hydrogen (secondary N) is 2. The van der Waals surface area contributed by atoms with E-state index in [2.05, 4.69) is 94.6 Å². The van der Waals surface area contributed by atoms with Crippen LogP contribution in [0.1, 0.15) is 22.3 Å². The monoisotopic (exact) mass is 495 g/mol. The van der Waals surface area contributed by atoms with Crippen LogP contribution in [0.3, 0.4) is 0 Å². The molecule has 0 aliphatic carbocycles. The molecule has 190 valence electrons. The van der Waals surface area contributed by atoms with Gasteiger partial charge in [-0.25, -0.2) is 15.0 Å². The third-order valence-corrected chi connectivity index (χ3v) is 6.69. The van der Waals surface area contributed by atoms with Crippen LogP contribution in [-0.4, -0.2) is 73.3 Å².